The first-order valence-electron chi connectivity index (χ1n) is 4.64. The Hall–Kier alpha value is -0.790. The molecule has 0 atom stereocenters. The van der Waals surface area contributed by atoms with Crippen LogP contribution in [0, 0.1) is 6.92 Å². The summed E-state index contributed by atoms with van der Waals surface area (Å²) in [5.74, 6) is 1.06. The molecule has 0 unspecified atom stereocenters. The molecule has 0 aromatic carbocycles. The first-order valence-corrected chi connectivity index (χ1v) is 4.64. The third-order valence-electron chi connectivity index (χ3n) is 2.22. The summed E-state index contributed by atoms with van der Waals surface area (Å²) in [6.07, 6.45) is 2.50. The minimum atomic E-state index is 0.335. The van der Waals surface area contributed by atoms with Crippen LogP contribution in [0.3, 0.4) is 0 Å². The summed E-state index contributed by atoms with van der Waals surface area (Å²) < 4.78 is 5.14. The van der Waals surface area contributed by atoms with Gasteiger partial charge in [-0.15, -0.1) is 0 Å². The van der Waals surface area contributed by atoms with E-state index in [1.807, 2.05) is 26.8 Å². The summed E-state index contributed by atoms with van der Waals surface area (Å²) in [5, 5.41) is 3.85. The SMILES string of the molecule is CC.Cc1cc(C2(C)CC2)on1. The monoisotopic (exact) mass is 167 g/mol. The molecule has 2 nitrogen and oxygen atoms in total. The summed E-state index contributed by atoms with van der Waals surface area (Å²) >= 11 is 0. The molecular weight excluding hydrogens is 150 g/mol. The molecule has 1 fully saturated rings. The van der Waals surface area contributed by atoms with E-state index < -0.39 is 0 Å². The lowest BCUT2D eigenvalue weighted by atomic mass is 10.1. The largest absolute Gasteiger partial charge is 0.361 e. The van der Waals surface area contributed by atoms with Gasteiger partial charge in [-0.05, 0) is 19.8 Å². The molecule has 0 saturated heterocycles. The predicted octanol–water partition coefficient (Wildman–Crippen LogP) is 3.06. The van der Waals surface area contributed by atoms with Crippen molar-refractivity contribution in [3.8, 4) is 0 Å². The average molecular weight is 167 g/mol. The van der Waals surface area contributed by atoms with Crippen LogP contribution >= 0.6 is 0 Å². The lowest BCUT2D eigenvalue weighted by Gasteiger charge is -1.98. The zero-order valence-corrected chi connectivity index (χ0v) is 8.35. The third-order valence-corrected chi connectivity index (χ3v) is 2.22. The van der Waals surface area contributed by atoms with Crippen LogP contribution in [-0.4, -0.2) is 5.16 Å². The zero-order valence-electron chi connectivity index (χ0n) is 8.35. The molecule has 0 amide bonds. The van der Waals surface area contributed by atoms with Crippen LogP contribution in [0.1, 0.15) is 45.1 Å². The van der Waals surface area contributed by atoms with Crippen molar-refractivity contribution in [3.63, 3.8) is 0 Å². The summed E-state index contributed by atoms with van der Waals surface area (Å²) in [6.45, 7) is 8.17. The van der Waals surface area contributed by atoms with E-state index in [0.717, 1.165) is 11.5 Å². The molecule has 1 aliphatic rings. The second-order valence-electron chi connectivity index (χ2n) is 3.39. The molecule has 2 heteroatoms. The van der Waals surface area contributed by atoms with Crippen LogP contribution in [0.15, 0.2) is 10.6 Å². The van der Waals surface area contributed by atoms with Gasteiger partial charge in [-0.25, -0.2) is 0 Å². The van der Waals surface area contributed by atoms with Gasteiger partial charge >= 0.3 is 0 Å². The van der Waals surface area contributed by atoms with E-state index in [-0.39, 0.29) is 0 Å². The number of hydrogen-bond acceptors (Lipinski definition) is 2. The number of aromatic nitrogens is 1. The van der Waals surface area contributed by atoms with Crippen molar-refractivity contribution in [2.75, 3.05) is 0 Å². The summed E-state index contributed by atoms with van der Waals surface area (Å²) in [5.41, 5.74) is 1.32. The summed E-state index contributed by atoms with van der Waals surface area (Å²) in [6, 6.07) is 2.03. The van der Waals surface area contributed by atoms with Crippen molar-refractivity contribution in [3.05, 3.63) is 17.5 Å². The Kier molecular flexibility index (Phi) is 2.55. The molecule has 1 heterocycles. The molecule has 1 saturated carbocycles. The Bertz CT molecular complexity index is 248. The van der Waals surface area contributed by atoms with Crippen molar-refractivity contribution in [1.29, 1.82) is 0 Å². The number of rotatable bonds is 1. The predicted molar refractivity (Wildman–Crippen MR) is 49.2 cm³/mol. The maximum atomic E-state index is 5.14. The van der Waals surface area contributed by atoms with Gasteiger partial charge in [-0.1, -0.05) is 25.9 Å². The number of aryl methyl sites for hydroxylation is 1. The molecule has 0 radical (unpaired) electrons. The van der Waals surface area contributed by atoms with Crippen molar-refractivity contribution in [1.82, 2.24) is 5.16 Å². The normalized spacial score (nSPS) is 18.0. The van der Waals surface area contributed by atoms with Gasteiger partial charge in [0.05, 0.1) is 5.69 Å². The van der Waals surface area contributed by atoms with Gasteiger partial charge in [0, 0.05) is 11.5 Å². The molecule has 0 bridgehead atoms. The van der Waals surface area contributed by atoms with E-state index in [9.17, 15) is 0 Å². The quantitative estimate of drug-likeness (QED) is 0.642. The van der Waals surface area contributed by atoms with E-state index in [1.165, 1.54) is 12.8 Å². The van der Waals surface area contributed by atoms with Gasteiger partial charge in [0.25, 0.3) is 0 Å². The smallest absolute Gasteiger partial charge is 0.142 e. The minimum Gasteiger partial charge on any atom is -0.361 e. The Labute approximate surface area is 74.0 Å². The lowest BCUT2D eigenvalue weighted by molar-refractivity contribution is 0.356. The maximum absolute atomic E-state index is 5.14. The molecule has 0 aliphatic heterocycles. The van der Waals surface area contributed by atoms with Crippen molar-refractivity contribution in [2.24, 2.45) is 0 Å². The Morgan fingerprint density at radius 1 is 1.42 bits per heavy atom. The van der Waals surface area contributed by atoms with E-state index >= 15 is 0 Å². The van der Waals surface area contributed by atoms with Crippen molar-refractivity contribution < 1.29 is 4.52 Å². The summed E-state index contributed by atoms with van der Waals surface area (Å²) in [7, 11) is 0. The van der Waals surface area contributed by atoms with Gasteiger partial charge < -0.3 is 4.52 Å². The second kappa shape index (κ2) is 3.30. The first-order chi connectivity index (χ1) is 5.71. The van der Waals surface area contributed by atoms with Crippen LogP contribution in [0.4, 0.5) is 0 Å². The van der Waals surface area contributed by atoms with Crippen LogP contribution in [0.25, 0.3) is 0 Å². The fraction of sp³-hybridized carbons (Fsp3) is 0.700. The van der Waals surface area contributed by atoms with Crippen LogP contribution in [0.5, 0.6) is 0 Å². The van der Waals surface area contributed by atoms with E-state index in [1.54, 1.807) is 0 Å². The summed E-state index contributed by atoms with van der Waals surface area (Å²) in [4.78, 5) is 0. The highest BCUT2D eigenvalue weighted by atomic mass is 16.5. The molecule has 1 aromatic rings. The van der Waals surface area contributed by atoms with Crippen molar-refractivity contribution in [2.45, 2.75) is 46.0 Å². The Morgan fingerprint density at radius 2 is 2.00 bits per heavy atom. The van der Waals surface area contributed by atoms with Gasteiger partial charge in [0.1, 0.15) is 5.76 Å². The first kappa shape index (κ1) is 9.30. The Balaban J connectivity index is 0.000000336. The van der Waals surface area contributed by atoms with E-state index in [0.29, 0.717) is 5.41 Å². The number of hydrogen-bond donors (Lipinski definition) is 0. The topological polar surface area (TPSA) is 26.0 Å². The van der Waals surface area contributed by atoms with Crippen LogP contribution in [0.2, 0.25) is 0 Å². The van der Waals surface area contributed by atoms with Crippen LogP contribution < -0.4 is 0 Å². The highest BCUT2D eigenvalue weighted by Crippen LogP contribution is 2.47. The van der Waals surface area contributed by atoms with Gasteiger partial charge in [0.15, 0.2) is 0 Å². The molecule has 12 heavy (non-hydrogen) atoms. The van der Waals surface area contributed by atoms with E-state index in [4.69, 9.17) is 4.52 Å². The molecule has 1 aromatic heterocycles. The Morgan fingerprint density at radius 3 is 2.33 bits per heavy atom. The average Bonchev–Trinajstić information content (AvgIpc) is 2.66. The van der Waals surface area contributed by atoms with Gasteiger partial charge in [-0.2, -0.15) is 0 Å². The van der Waals surface area contributed by atoms with Gasteiger partial charge in [0.2, 0.25) is 0 Å². The molecule has 0 N–H and O–H groups in total. The van der Waals surface area contributed by atoms with Crippen LogP contribution in [-0.2, 0) is 5.41 Å². The molecule has 0 spiro atoms. The third kappa shape index (κ3) is 1.68. The van der Waals surface area contributed by atoms with Gasteiger partial charge in [-0.3, -0.25) is 0 Å². The molecule has 2 rings (SSSR count). The fourth-order valence-corrected chi connectivity index (χ4v) is 1.08. The van der Waals surface area contributed by atoms with E-state index in [2.05, 4.69) is 12.1 Å². The second-order valence-corrected chi connectivity index (χ2v) is 3.39. The molecule has 68 valence electrons. The molecular formula is C10H17NO. The van der Waals surface area contributed by atoms with Crippen molar-refractivity contribution >= 4 is 0 Å². The minimum absolute atomic E-state index is 0.335. The highest BCUT2D eigenvalue weighted by molar-refractivity contribution is 5.20. The maximum Gasteiger partial charge on any atom is 0.142 e. The lowest BCUT2D eigenvalue weighted by Crippen LogP contribution is -1.95. The molecule has 1 aliphatic carbocycles. The highest BCUT2D eigenvalue weighted by Gasteiger charge is 2.42. The zero-order chi connectivity index (χ0) is 9.19. The fourth-order valence-electron chi connectivity index (χ4n) is 1.08. The standard InChI is InChI=1S/C8H11NO.C2H6/c1-6-5-7(10-9-6)8(2)3-4-8;1-2/h5H,3-4H2,1-2H3;1-2H3. The number of nitrogens with zero attached hydrogens (tertiary/aromatic N) is 1.